The summed E-state index contributed by atoms with van der Waals surface area (Å²) in [7, 11) is 0. The molecule has 0 aromatic heterocycles. The summed E-state index contributed by atoms with van der Waals surface area (Å²) in [6.07, 6.45) is 4.50. The second kappa shape index (κ2) is 6.90. The van der Waals surface area contributed by atoms with Crippen LogP contribution in [0.1, 0.15) is 29.2 Å². The normalized spacial score (nSPS) is 12.5. The molecule has 0 nitrogen and oxygen atoms in total. The first kappa shape index (κ1) is 14.4. The Hall–Kier alpha value is 1.30. The van der Waals surface area contributed by atoms with Gasteiger partial charge in [-0.05, 0) is 37.5 Å². The van der Waals surface area contributed by atoms with Crippen LogP contribution in [0.15, 0.2) is 17.7 Å². The average molecular weight is 502 g/mol. The summed E-state index contributed by atoms with van der Waals surface area (Å²) in [6, 6.07) is 4.48. The number of allylic oxidation sites excluding steroid dienone is 1. The molecular weight excluding hydrogens is 489 g/mol. The van der Waals surface area contributed by atoms with Gasteiger partial charge in [-0.1, -0.05) is 29.3 Å². The van der Waals surface area contributed by atoms with E-state index in [2.05, 4.69) is 81.5 Å². The van der Waals surface area contributed by atoms with Crippen molar-refractivity contribution in [3.8, 4) is 0 Å². The molecule has 0 bridgehead atoms. The summed E-state index contributed by atoms with van der Waals surface area (Å²) >= 11 is 5.06. The van der Waals surface area contributed by atoms with Gasteiger partial charge in [-0.25, -0.2) is 0 Å². The number of benzene rings is 1. The van der Waals surface area contributed by atoms with Gasteiger partial charge >= 0.3 is 50.9 Å². The van der Waals surface area contributed by atoms with Crippen molar-refractivity contribution in [1.29, 1.82) is 0 Å². The second-order valence-corrected chi connectivity index (χ2v) is 22.6. The predicted octanol–water partition coefficient (Wildman–Crippen LogP) is 5.04. The van der Waals surface area contributed by atoms with E-state index in [0.717, 1.165) is 0 Å². The van der Waals surface area contributed by atoms with Crippen molar-refractivity contribution >= 4 is 42.2 Å². The molecule has 0 N–H and O–H groups in total. The van der Waals surface area contributed by atoms with Crippen LogP contribution in [0.25, 0.3) is 6.08 Å². The zero-order valence-corrected chi connectivity index (χ0v) is 15.8. The quantitative estimate of drug-likeness (QED) is 0.437. The summed E-state index contributed by atoms with van der Waals surface area (Å²) in [5, 5.41) is 0. The zero-order chi connectivity index (χ0) is 11.4. The molecule has 3 heteroatoms. The van der Waals surface area contributed by atoms with E-state index in [1.165, 1.54) is 27.8 Å². The van der Waals surface area contributed by atoms with E-state index < -0.39 is 0 Å². The van der Waals surface area contributed by atoms with Crippen molar-refractivity contribution < 1.29 is 14.9 Å². The topological polar surface area (TPSA) is 0 Å². The molecule has 1 aliphatic carbocycles. The Bertz CT molecular complexity index is 383. The average Bonchev–Trinajstić information content (AvgIpc) is 2.47. The van der Waals surface area contributed by atoms with E-state index in [1.54, 1.807) is 0 Å². The molecule has 0 atom stereocenters. The number of rotatable bonds is 0. The van der Waals surface area contributed by atoms with Crippen LogP contribution in [0, 0.1) is 20.3 Å². The van der Waals surface area contributed by atoms with Crippen LogP contribution < -0.4 is 0 Å². The Morgan fingerprint density at radius 3 is 2.27 bits per heavy atom. The monoisotopic (exact) mass is 501 g/mol. The van der Waals surface area contributed by atoms with Gasteiger partial charge in [0.2, 0.25) is 0 Å². The Morgan fingerprint density at radius 2 is 1.67 bits per heavy atom. The molecule has 15 heavy (non-hydrogen) atoms. The maximum atomic E-state index is 2.45. The minimum atomic E-state index is 0.170. The third-order valence-electron chi connectivity index (χ3n) is 2.32. The van der Waals surface area contributed by atoms with Gasteiger partial charge in [-0.15, -0.1) is 0 Å². The molecule has 0 aliphatic heterocycles. The molecule has 0 amide bonds. The van der Waals surface area contributed by atoms with E-state index in [-0.39, 0.29) is 14.9 Å². The molecule has 0 unspecified atom stereocenters. The fourth-order valence-electron chi connectivity index (χ4n) is 1.84. The number of hydrogen-bond donors (Lipinski definition) is 0. The van der Waals surface area contributed by atoms with Crippen molar-refractivity contribution in [3.63, 3.8) is 0 Å². The molecule has 0 heterocycles. The molecular formula is C12H13I2Zr. The van der Waals surface area contributed by atoms with Gasteiger partial charge in [0.05, 0.1) is 0 Å². The molecule has 1 radical (unpaired) electrons. The fraction of sp³-hybridized carbons (Fsp3) is 0.250. The molecule has 1 aromatic carbocycles. The Kier molecular flexibility index (Phi) is 6.61. The van der Waals surface area contributed by atoms with Gasteiger partial charge in [0.1, 0.15) is 0 Å². The van der Waals surface area contributed by atoms with Gasteiger partial charge in [0.25, 0.3) is 0 Å². The first-order valence-electron chi connectivity index (χ1n) is 4.69. The zero-order valence-electron chi connectivity index (χ0n) is 9.07. The molecule has 0 saturated carbocycles. The van der Waals surface area contributed by atoms with Crippen molar-refractivity contribution in [2.45, 2.75) is 20.8 Å². The van der Waals surface area contributed by atoms with Crippen LogP contribution in [0.2, 0.25) is 0 Å². The second-order valence-electron chi connectivity index (χ2n) is 3.69. The van der Waals surface area contributed by atoms with Gasteiger partial charge in [0, 0.05) is 6.42 Å². The first-order chi connectivity index (χ1) is 7.08. The molecule has 1 aliphatic rings. The third kappa shape index (κ3) is 4.23. The van der Waals surface area contributed by atoms with Crippen molar-refractivity contribution in [2.75, 3.05) is 0 Å². The Morgan fingerprint density at radius 1 is 1.07 bits per heavy atom. The van der Waals surface area contributed by atoms with Crippen LogP contribution in [-0.4, -0.2) is 0 Å². The predicted molar refractivity (Wildman–Crippen MR) is 81.0 cm³/mol. The van der Waals surface area contributed by atoms with Crippen LogP contribution in [0.4, 0.5) is 0 Å². The standard InChI is InChI=1S/C12H13.2HI.Zr/c1-8-4-10(3)12-7-9(2)6-11(12)5-8;;;/h4-7H,1-3H3;2*1H;/q;;;+2/p-2. The molecule has 79 valence electrons. The van der Waals surface area contributed by atoms with Gasteiger partial charge in [-0.2, -0.15) is 0 Å². The molecule has 1 aromatic rings. The Labute approximate surface area is 122 Å². The van der Waals surface area contributed by atoms with E-state index in [4.69, 9.17) is 0 Å². The van der Waals surface area contributed by atoms with E-state index in [1.807, 2.05) is 0 Å². The Balaban J connectivity index is 0.000000337. The SMILES string of the molecule is CC1=Cc2c(C)cc(C)cc2[CH]1.[I][Zr][I]. The summed E-state index contributed by atoms with van der Waals surface area (Å²) < 4.78 is 0. The molecule has 0 saturated heterocycles. The van der Waals surface area contributed by atoms with Gasteiger partial charge in [-0.3, -0.25) is 0 Å². The van der Waals surface area contributed by atoms with E-state index in [0.29, 0.717) is 0 Å². The maximum absolute atomic E-state index is 2.45. The summed E-state index contributed by atoms with van der Waals surface area (Å²) in [4.78, 5) is 0. The number of fused-ring (bicyclic) bond motifs is 1. The van der Waals surface area contributed by atoms with Crippen LogP contribution >= 0.6 is 36.1 Å². The summed E-state index contributed by atoms with van der Waals surface area (Å²) in [5.41, 5.74) is 6.88. The van der Waals surface area contributed by atoms with Gasteiger partial charge < -0.3 is 0 Å². The number of halogens is 2. The molecule has 0 fully saturated rings. The molecule has 0 spiro atoms. The third-order valence-corrected chi connectivity index (χ3v) is 2.32. The minimum absolute atomic E-state index is 0.170. The van der Waals surface area contributed by atoms with Crippen molar-refractivity contribution in [3.05, 3.63) is 46.4 Å². The van der Waals surface area contributed by atoms with Crippen LogP contribution in [0.3, 0.4) is 0 Å². The van der Waals surface area contributed by atoms with E-state index >= 15 is 0 Å². The summed E-state index contributed by atoms with van der Waals surface area (Å²) in [5.74, 6) is 0. The molecule has 2 rings (SSSR count). The van der Waals surface area contributed by atoms with E-state index in [9.17, 15) is 0 Å². The first-order valence-corrected chi connectivity index (χ1v) is 19.3. The summed E-state index contributed by atoms with van der Waals surface area (Å²) in [6.45, 7) is 6.47. The van der Waals surface area contributed by atoms with Crippen LogP contribution in [-0.2, 0) is 14.9 Å². The van der Waals surface area contributed by atoms with Crippen molar-refractivity contribution in [1.82, 2.24) is 0 Å². The number of aryl methyl sites for hydroxylation is 2. The van der Waals surface area contributed by atoms with Crippen LogP contribution in [0.5, 0.6) is 0 Å². The fourth-order valence-corrected chi connectivity index (χ4v) is 1.84. The van der Waals surface area contributed by atoms with Crippen molar-refractivity contribution in [2.24, 2.45) is 0 Å². The van der Waals surface area contributed by atoms with Gasteiger partial charge in [0.15, 0.2) is 0 Å². The number of hydrogen-bond acceptors (Lipinski definition) is 0.